The van der Waals surface area contributed by atoms with Crippen LogP contribution >= 0.6 is 11.5 Å². The lowest BCUT2D eigenvalue weighted by atomic mass is 10.1. The van der Waals surface area contributed by atoms with Crippen LogP contribution in [-0.4, -0.2) is 48.9 Å². The molecule has 1 aromatic heterocycles. The molecule has 0 bridgehead atoms. The zero-order chi connectivity index (χ0) is 20.7. The van der Waals surface area contributed by atoms with Gasteiger partial charge in [-0.15, -0.1) is 0 Å². The van der Waals surface area contributed by atoms with E-state index < -0.39 is 11.8 Å². The number of hydrogen-bond acceptors (Lipinski definition) is 7. The van der Waals surface area contributed by atoms with E-state index in [2.05, 4.69) is 9.69 Å². The van der Waals surface area contributed by atoms with Gasteiger partial charge in [-0.25, -0.2) is 0 Å². The molecule has 0 aliphatic rings. The van der Waals surface area contributed by atoms with Crippen molar-refractivity contribution in [1.29, 1.82) is 0 Å². The molecule has 2 aromatic rings. The van der Waals surface area contributed by atoms with Crippen molar-refractivity contribution >= 4 is 40.6 Å². The van der Waals surface area contributed by atoms with Crippen molar-refractivity contribution < 1.29 is 19.1 Å². The number of methoxy groups -OCH3 is 1. The minimum Gasteiger partial charge on any atom is -0.395 e. The molecule has 10 heteroatoms. The van der Waals surface area contributed by atoms with Gasteiger partial charge in [0.05, 0.1) is 12.3 Å². The summed E-state index contributed by atoms with van der Waals surface area (Å²) in [6.45, 7) is 2.47. The molecular formula is C18H23N5O4S. The summed E-state index contributed by atoms with van der Waals surface area (Å²) >= 11 is 0.773. The molecule has 0 unspecified atom stereocenters. The Balaban J connectivity index is 2.32. The van der Waals surface area contributed by atoms with E-state index in [0.717, 1.165) is 23.5 Å². The summed E-state index contributed by atoms with van der Waals surface area (Å²) in [4.78, 5) is 38.1. The number of nitrogens with zero attached hydrogens (tertiary/aromatic N) is 2. The van der Waals surface area contributed by atoms with E-state index >= 15 is 0 Å². The van der Waals surface area contributed by atoms with Gasteiger partial charge in [0.25, 0.3) is 11.8 Å². The number of carbonyl (C=O) groups is 3. The molecule has 3 amide bonds. The first-order valence-electron chi connectivity index (χ1n) is 8.60. The molecule has 0 radical (unpaired) electrons. The minimum absolute atomic E-state index is 0.0538. The van der Waals surface area contributed by atoms with Gasteiger partial charge in [0.2, 0.25) is 5.91 Å². The summed E-state index contributed by atoms with van der Waals surface area (Å²) in [5.74, 6) is -1.71. The standard InChI is InChI=1S/C18H23N5O4S/c1-3-11-4-6-12(7-5-11)23(10-13(24)21-8-9-27-2)18(26)16-14(19)15(17(20)25)22-28-16/h4-7H,3,8-10,19H2,1-2H3,(H2,20,25)(H,21,24). The number of carbonyl (C=O) groups excluding carboxylic acids is 3. The van der Waals surface area contributed by atoms with Gasteiger partial charge in [0.15, 0.2) is 5.69 Å². The van der Waals surface area contributed by atoms with Crippen molar-refractivity contribution in [3.63, 3.8) is 0 Å². The minimum atomic E-state index is -0.816. The third kappa shape index (κ3) is 5.05. The number of rotatable bonds is 9. The first kappa shape index (κ1) is 21.3. The summed E-state index contributed by atoms with van der Waals surface area (Å²) in [6, 6.07) is 7.27. The van der Waals surface area contributed by atoms with Crippen molar-refractivity contribution in [2.75, 3.05) is 37.4 Å². The molecule has 9 nitrogen and oxygen atoms in total. The number of anilines is 2. The summed E-state index contributed by atoms with van der Waals surface area (Å²) < 4.78 is 8.76. The van der Waals surface area contributed by atoms with Gasteiger partial charge in [-0.05, 0) is 35.6 Å². The van der Waals surface area contributed by atoms with E-state index in [9.17, 15) is 14.4 Å². The van der Waals surface area contributed by atoms with Gasteiger partial charge < -0.3 is 21.5 Å². The van der Waals surface area contributed by atoms with E-state index in [1.165, 1.54) is 12.0 Å². The molecule has 0 spiro atoms. The van der Waals surface area contributed by atoms with Crippen LogP contribution in [0.1, 0.15) is 32.6 Å². The Morgan fingerprint density at radius 1 is 1.25 bits per heavy atom. The van der Waals surface area contributed by atoms with E-state index in [-0.39, 0.29) is 28.7 Å². The number of ether oxygens (including phenoxy) is 1. The quantitative estimate of drug-likeness (QED) is 0.527. The zero-order valence-electron chi connectivity index (χ0n) is 15.7. The molecular weight excluding hydrogens is 382 g/mol. The first-order valence-corrected chi connectivity index (χ1v) is 9.37. The van der Waals surface area contributed by atoms with Gasteiger partial charge in [-0.3, -0.25) is 19.3 Å². The number of aryl methyl sites for hydroxylation is 1. The molecule has 0 saturated heterocycles. The highest BCUT2D eigenvalue weighted by Crippen LogP contribution is 2.26. The Morgan fingerprint density at radius 2 is 1.93 bits per heavy atom. The highest BCUT2D eigenvalue weighted by Gasteiger charge is 2.27. The average Bonchev–Trinajstić information content (AvgIpc) is 3.07. The summed E-state index contributed by atoms with van der Waals surface area (Å²) in [5, 5.41) is 2.68. The average molecular weight is 405 g/mol. The van der Waals surface area contributed by atoms with Gasteiger partial charge in [-0.1, -0.05) is 19.1 Å². The molecule has 0 aliphatic carbocycles. The first-order chi connectivity index (χ1) is 13.4. The Hall–Kier alpha value is -2.98. The van der Waals surface area contributed by atoms with Crippen LogP contribution in [0.15, 0.2) is 24.3 Å². The van der Waals surface area contributed by atoms with E-state index in [1.54, 1.807) is 12.1 Å². The maximum Gasteiger partial charge on any atom is 0.272 e. The lowest BCUT2D eigenvalue weighted by Gasteiger charge is -2.22. The van der Waals surface area contributed by atoms with Crippen LogP contribution in [0.3, 0.4) is 0 Å². The fraction of sp³-hybridized carbons (Fsp3) is 0.333. The lowest BCUT2D eigenvalue weighted by Crippen LogP contribution is -2.41. The Morgan fingerprint density at radius 3 is 2.46 bits per heavy atom. The van der Waals surface area contributed by atoms with Crippen LogP contribution < -0.4 is 21.7 Å². The van der Waals surface area contributed by atoms with E-state index in [4.69, 9.17) is 16.2 Å². The number of amides is 3. The topological polar surface area (TPSA) is 141 Å². The zero-order valence-corrected chi connectivity index (χ0v) is 16.5. The van der Waals surface area contributed by atoms with Gasteiger partial charge in [-0.2, -0.15) is 4.37 Å². The van der Waals surface area contributed by atoms with Gasteiger partial charge in [0.1, 0.15) is 11.4 Å². The van der Waals surface area contributed by atoms with Crippen molar-refractivity contribution in [2.24, 2.45) is 5.73 Å². The fourth-order valence-corrected chi connectivity index (χ4v) is 3.19. The van der Waals surface area contributed by atoms with E-state index in [1.807, 2.05) is 19.1 Å². The molecule has 1 heterocycles. The molecule has 0 atom stereocenters. The molecule has 0 saturated carbocycles. The second kappa shape index (κ2) is 9.81. The van der Waals surface area contributed by atoms with Crippen LogP contribution in [-0.2, 0) is 16.0 Å². The van der Waals surface area contributed by atoms with Crippen molar-refractivity contribution in [3.8, 4) is 0 Å². The van der Waals surface area contributed by atoms with E-state index in [0.29, 0.717) is 18.8 Å². The largest absolute Gasteiger partial charge is 0.395 e. The SMILES string of the molecule is CCc1ccc(N(CC(=O)NCCOC)C(=O)c2snc(C(N)=O)c2N)cc1. The molecule has 28 heavy (non-hydrogen) atoms. The molecule has 5 N–H and O–H groups in total. The second-order valence-corrected chi connectivity index (χ2v) is 6.67. The Bertz CT molecular complexity index is 850. The highest BCUT2D eigenvalue weighted by atomic mass is 32.1. The number of hydrogen-bond donors (Lipinski definition) is 3. The fourth-order valence-electron chi connectivity index (χ4n) is 2.44. The summed E-state index contributed by atoms with van der Waals surface area (Å²) in [5.41, 5.74) is 12.5. The van der Waals surface area contributed by atoms with Crippen LogP contribution in [0.25, 0.3) is 0 Å². The molecule has 0 aliphatic heterocycles. The Kier molecular flexibility index (Phi) is 7.47. The van der Waals surface area contributed by atoms with Crippen LogP contribution in [0.2, 0.25) is 0 Å². The number of nitrogens with two attached hydrogens (primary N) is 2. The van der Waals surface area contributed by atoms with Crippen molar-refractivity contribution in [1.82, 2.24) is 9.69 Å². The summed E-state index contributed by atoms with van der Waals surface area (Å²) in [6.07, 6.45) is 0.843. The molecule has 150 valence electrons. The number of aromatic nitrogens is 1. The van der Waals surface area contributed by atoms with Crippen LogP contribution in [0, 0.1) is 0 Å². The third-order valence-electron chi connectivity index (χ3n) is 3.99. The monoisotopic (exact) mass is 405 g/mol. The maximum absolute atomic E-state index is 13.1. The normalized spacial score (nSPS) is 10.5. The molecule has 0 fully saturated rings. The highest BCUT2D eigenvalue weighted by molar-refractivity contribution is 7.09. The predicted molar refractivity (Wildman–Crippen MR) is 107 cm³/mol. The number of nitrogens with one attached hydrogen (secondary N) is 1. The lowest BCUT2D eigenvalue weighted by molar-refractivity contribution is -0.119. The third-order valence-corrected chi connectivity index (χ3v) is 4.84. The van der Waals surface area contributed by atoms with Crippen molar-refractivity contribution in [3.05, 3.63) is 40.4 Å². The number of benzene rings is 1. The van der Waals surface area contributed by atoms with Crippen LogP contribution in [0.5, 0.6) is 0 Å². The van der Waals surface area contributed by atoms with Crippen LogP contribution in [0.4, 0.5) is 11.4 Å². The maximum atomic E-state index is 13.1. The predicted octanol–water partition coefficient (Wildman–Crippen LogP) is 0.796. The van der Waals surface area contributed by atoms with Crippen molar-refractivity contribution in [2.45, 2.75) is 13.3 Å². The number of nitrogen functional groups attached to an aromatic ring is 1. The Labute approximate surface area is 166 Å². The molecule has 1 aromatic carbocycles. The smallest absolute Gasteiger partial charge is 0.272 e. The summed E-state index contributed by atoms with van der Waals surface area (Å²) in [7, 11) is 1.53. The molecule has 2 rings (SSSR count). The van der Waals surface area contributed by atoms with Gasteiger partial charge in [0, 0.05) is 19.3 Å². The second-order valence-electron chi connectivity index (χ2n) is 5.89. The van der Waals surface area contributed by atoms with Gasteiger partial charge >= 0.3 is 0 Å². The number of primary amides is 1.